The molecule has 126 valence electrons. The van der Waals surface area contributed by atoms with Crippen molar-refractivity contribution in [3.63, 3.8) is 0 Å². The van der Waals surface area contributed by atoms with Crippen molar-refractivity contribution in [3.05, 3.63) is 0 Å². The Morgan fingerprint density at radius 3 is 1.10 bits per heavy atom. The van der Waals surface area contributed by atoms with Crippen LogP contribution >= 0.6 is 0 Å². The van der Waals surface area contributed by atoms with Gasteiger partial charge in [-0.25, -0.2) is 0 Å². The molecule has 0 N–H and O–H groups in total. The Labute approximate surface area is 134 Å². The first-order valence-electron chi connectivity index (χ1n) is 9.86. The van der Waals surface area contributed by atoms with E-state index >= 15 is 0 Å². The number of unbranched alkanes of at least 4 members (excludes halogenated alkanes) is 4. The fourth-order valence-corrected chi connectivity index (χ4v) is 3.97. The van der Waals surface area contributed by atoms with Gasteiger partial charge < -0.3 is 4.74 Å². The highest BCUT2D eigenvalue weighted by atomic mass is 16.5. The predicted molar refractivity (Wildman–Crippen MR) is 93.9 cm³/mol. The Morgan fingerprint density at radius 2 is 0.857 bits per heavy atom. The third-order valence-corrected chi connectivity index (χ3v) is 5.41. The van der Waals surface area contributed by atoms with Crippen LogP contribution in [0.3, 0.4) is 0 Å². The summed E-state index contributed by atoms with van der Waals surface area (Å²) >= 11 is 0. The molecule has 0 aromatic carbocycles. The minimum absolute atomic E-state index is 0.230. The van der Waals surface area contributed by atoms with E-state index in [0.29, 0.717) is 0 Å². The lowest BCUT2D eigenvalue weighted by atomic mass is 9.85. The number of rotatable bonds is 12. The molecule has 1 saturated heterocycles. The van der Waals surface area contributed by atoms with Gasteiger partial charge in [-0.2, -0.15) is 0 Å². The van der Waals surface area contributed by atoms with E-state index < -0.39 is 0 Å². The second kappa shape index (κ2) is 9.87. The predicted octanol–water partition coefficient (Wildman–Crippen LogP) is 7.04. The first-order valence-corrected chi connectivity index (χ1v) is 9.86. The van der Waals surface area contributed by atoms with E-state index in [1.54, 1.807) is 0 Å². The molecular weight excluding hydrogens is 256 g/mol. The minimum Gasteiger partial charge on any atom is -0.369 e. The molecule has 0 spiro atoms. The van der Waals surface area contributed by atoms with Crippen LogP contribution in [-0.2, 0) is 4.74 Å². The van der Waals surface area contributed by atoms with Gasteiger partial charge in [0.25, 0.3) is 0 Å². The van der Waals surface area contributed by atoms with Crippen LogP contribution in [0.4, 0.5) is 0 Å². The van der Waals surface area contributed by atoms with E-state index in [1.165, 1.54) is 89.9 Å². The Bertz CT molecular complexity index is 217. The summed E-state index contributed by atoms with van der Waals surface area (Å²) in [5.74, 6) is 0. The van der Waals surface area contributed by atoms with Crippen molar-refractivity contribution in [1.82, 2.24) is 0 Å². The Kier molecular flexibility index (Phi) is 8.94. The van der Waals surface area contributed by atoms with Crippen molar-refractivity contribution >= 4 is 0 Å². The highest BCUT2D eigenvalue weighted by molar-refractivity contribution is 4.97. The van der Waals surface area contributed by atoms with E-state index in [4.69, 9.17) is 4.74 Å². The van der Waals surface area contributed by atoms with Crippen molar-refractivity contribution in [2.24, 2.45) is 0 Å². The summed E-state index contributed by atoms with van der Waals surface area (Å²) < 4.78 is 6.94. The molecule has 1 fully saturated rings. The van der Waals surface area contributed by atoms with Gasteiger partial charge in [-0.05, 0) is 38.5 Å². The van der Waals surface area contributed by atoms with Crippen LogP contribution in [-0.4, -0.2) is 11.2 Å². The van der Waals surface area contributed by atoms with Gasteiger partial charge in [-0.3, -0.25) is 0 Å². The summed E-state index contributed by atoms with van der Waals surface area (Å²) in [6.45, 7) is 9.24. The summed E-state index contributed by atoms with van der Waals surface area (Å²) in [7, 11) is 0. The van der Waals surface area contributed by atoms with Crippen LogP contribution in [0.15, 0.2) is 0 Å². The van der Waals surface area contributed by atoms with Gasteiger partial charge in [0.15, 0.2) is 0 Å². The number of hydrogen-bond acceptors (Lipinski definition) is 1. The molecule has 0 bridgehead atoms. The highest BCUT2D eigenvalue weighted by Gasteiger charge is 2.47. The molecular formula is C20H40O. The monoisotopic (exact) mass is 296 g/mol. The van der Waals surface area contributed by atoms with Gasteiger partial charge in [0.05, 0.1) is 11.2 Å². The van der Waals surface area contributed by atoms with E-state index in [9.17, 15) is 0 Å². The lowest BCUT2D eigenvalue weighted by molar-refractivity contribution is -0.122. The third-order valence-electron chi connectivity index (χ3n) is 5.41. The van der Waals surface area contributed by atoms with Gasteiger partial charge in [0.1, 0.15) is 0 Å². The Morgan fingerprint density at radius 1 is 0.571 bits per heavy atom. The normalized spacial score (nSPS) is 20.0. The fraction of sp³-hybridized carbons (Fsp3) is 1.00. The molecule has 0 aromatic heterocycles. The van der Waals surface area contributed by atoms with E-state index in [0.717, 1.165) is 0 Å². The summed E-state index contributed by atoms with van der Waals surface area (Å²) in [4.78, 5) is 0. The van der Waals surface area contributed by atoms with Crippen LogP contribution in [0.1, 0.15) is 118 Å². The van der Waals surface area contributed by atoms with Crippen LogP contribution in [0.5, 0.6) is 0 Å². The molecule has 1 aliphatic heterocycles. The topological polar surface area (TPSA) is 9.23 Å². The van der Waals surface area contributed by atoms with Crippen molar-refractivity contribution in [3.8, 4) is 0 Å². The maximum atomic E-state index is 6.94. The van der Waals surface area contributed by atoms with Gasteiger partial charge in [-0.15, -0.1) is 0 Å². The van der Waals surface area contributed by atoms with Crippen molar-refractivity contribution < 1.29 is 4.74 Å². The minimum atomic E-state index is 0.230. The van der Waals surface area contributed by atoms with Gasteiger partial charge in [0.2, 0.25) is 0 Å². The Hall–Kier alpha value is -0.0400. The molecule has 1 aliphatic rings. The lowest BCUT2D eigenvalue weighted by Gasteiger charge is -2.36. The first kappa shape index (κ1) is 19.0. The van der Waals surface area contributed by atoms with Gasteiger partial charge in [-0.1, -0.05) is 79.1 Å². The van der Waals surface area contributed by atoms with Crippen LogP contribution < -0.4 is 0 Å². The van der Waals surface area contributed by atoms with Crippen molar-refractivity contribution in [2.75, 3.05) is 0 Å². The fourth-order valence-electron chi connectivity index (χ4n) is 3.97. The maximum Gasteiger partial charge on any atom is 0.0691 e. The zero-order valence-electron chi connectivity index (χ0n) is 15.3. The molecule has 0 unspecified atom stereocenters. The largest absolute Gasteiger partial charge is 0.369 e. The molecule has 0 amide bonds. The summed E-state index contributed by atoms with van der Waals surface area (Å²) in [5.41, 5.74) is 0.459. The molecule has 1 heteroatoms. The molecule has 0 aromatic rings. The molecule has 1 heterocycles. The van der Waals surface area contributed by atoms with E-state index in [2.05, 4.69) is 27.7 Å². The maximum absolute atomic E-state index is 6.94. The van der Waals surface area contributed by atoms with Crippen molar-refractivity contribution in [2.45, 2.75) is 129 Å². The highest BCUT2D eigenvalue weighted by Crippen LogP contribution is 2.48. The zero-order valence-corrected chi connectivity index (χ0v) is 15.3. The smallest absolute Gasteiger partial charge is 0.0691 e. The van der Waals surface area contributed by atoms with Crippen LogP contribution in [0.2, 0.25) is 0 Å². The molecule has 0 atom stereocenters. The number of ether oxygens (including phenoxy) is 1. The average molecular weight is 297 g/mol. The molecule has 0 radical (unpaired) electrons. The molecule has 1 nitrogen and oxygen atoms in total. The summed E-state index contributed by atoms with van der Waals surface area (Å²) in [6, 6.07) is 0. The second-order valence-corrected chi connectivity index (χ2v) is 7.38. The molecule has 0 aliphatic carbocycles. The second-order valence-electron chi connectivity index (χ2n) is 7.38. The van der Waals surface area contributed by atoms with Crippen LogP contribution in [0, 0.1) is 0 Å². The van der Waals surface area contributed by atoms with Crippen LogP contribution in [0.25, 0.3) is 0 Å². The third kappa shape index (κ3) is 5.93. The van der Waals surface area contributed by atoms with Gasteiger partial charge >= 0.3 is 0 Å². The molecule has 21 heavy (non-hydrogen) atoms. The van der Waals surface area contributed by atoms with Gasteiger partial charge in [0, 0.05) is 0 Å². The Balaban J connectivity index is 2.72. The zero-order chi connectivity index (χ0) is 15.6. The molecule has 0 saturated carbocycles. The molecule has 1 rings (SSSR count). The first-order chi connectivity index (χ1) is 10.2. The SMILES string of the molecule is CCCCC1(CCCC)CCC(CCCC)(CCCC)O1. The lowest BCUT2D eigenvalue weighted by Crippen LogP contribution is -2.36. The standard InChI is InChI=1S/C20H40O/c1-5-9-13-19(14-10-6-2)17-18-20(21-19,15-11-7-3)16-12-8-4/h5-18H2,1-4H3. The van der Waals surface area contributed by atoms with E-state index in [-0.39, 0.29) is 11.2 Å². The quantitative estimate of drug-likeness (QED) is 0.375. The van der Waals surface area contributed by atoms with Crippen molar-refractivity contribution in [1.29, 1.82) is 0 Å². The summed E-state index contributed by atoms with van der Waals surface area (Å²) in [5, 5.41) is 0. The average Bonchev–Trinajstić information content (AvgIpc) is 2.87. The summed E-state index contributed by atoms with van der Waals surface area (Å²) in [6.07, 6.45) is 18.4. The van der Waals surface area contributed by atoms with E-state index in [1.807, 2.05) is 0 Å². The number of hydrogen-bond donors (Lipinski definition) is 0.